The van der Waals surface area contributed by atoms with E-state index in [1.165, 1.54) is 41.7 Å². The van der Waals surface area contributed by atoms with Crippen LogP contribution in [0.4, 0.5) is 0 Å². The predicted molar refractivity (Wildman–Crippen MR) is 89.0 cm³/mol. The molecule has 1 aromatic carbocycles. The minimum atomic E-state index is 0.402. The van der Waals surface area contributed by atoms with Crippen LogP contribution in [0.25, 0.3) is 0 Å². The summed E-state index contributed by atoms with van der Waals surface area (Å²) in [4.78, 5) is 0. The molecule has 112 valence electrons. The molecular weight excluding hydrogens is 266 g/mol. The zero-order valence-corrected chi connectivity index (χ0v) is 14.0. The molecule has 3 heteroatoms. The number of benzene rings is 1. The molecule has 1 N–H and O–H groups in total. The van der Waals surface area contributed by atoms with Gasteiger partial charge in [-0.2, -0.15) is 11.8 Å². The Kier molecular flexibility index (Phi) is 5.79. The van der Waals surface area contributed by atoms with Gasteiger partial charge in [0, 0.05) is 16.9 Å². The van der Waals surface area contributed by atoms with Gasteiger partial charge in [0.05, 0.1) is 7.11 Å². The van der Waals surface area contributed by atoms with Gasteiger partial charge < -0.3 is 10.1 Å². The molecule has 1 heterocycles. The fraction of sp³-hybridized carbons (Fsp3) is 0.647. The molecule has 2 rings (SSSR count). The SMILES string of the molecule is CCNC(c1ccc(C)c(C)c1OC)C1CCCCS1. The first-order valence-electron chi connectivity index (χ1n) is 7.68. The summed E-state index contributed by atoms with van der Waals surface area (Å²) < 4.78 is 5.73. The highest BCUT2D eigenvalue weighted by Crippen LogP contribution is 2.39. The lowest BCUT2D eigenvalue weighted by Crippen LogP contribution is -2.32. The van der Waals surface area contributed by atoms with E-state index in [9.17, 15) is 0 Å². The largest absolute Gasteiger partial charge is 0.496 e. The molecular formula is C17H27NOS. The van der Waals surface area contributed by atoms with Crippen molar-refractivity contribution < 1.29 is 4.74 Å². The second kappa shape index (κ2) is 7.37. The highest BCUT2D eigenvalue weighted by molar-refractivity contribution is 8.00. The minimum absolute atomic E-state index is 0.402. The fourth-order valence-corrected chi connectivity index (χ4v) is 4.46. The van der Waals surface area contributed by atoms with Crippen molar-refractivity contribution in [2.75, 3.05) is 19.4 Å². The van der Waals surface area contributed by atoms with Gasteiger partial charge in [-0.1, -0.05) is 25.5 Å². The number of aryl methyl sites for hydroxylation is 1. The average Bonchev–Trinajstić information content (AvgIpc) is 2.48. The summed E-state index contributed by atoms with van der Waals surface area (Å²) in [5, 5.41) is 4.36. The fourth-order valence-electron chi connectivity index (χ4n) is 3.02. The first-order chi connectivity index (χ1) is 9.69. The molecule has 0 aromatic heterocycles. The molecule has 20 heavy (non-hydrogen) atoms. The maximum atomic E-state index is 5.73. The summed E-state index contributed by atoms with van der Waals surface area (Å²) in [6.45, 7) is 7.50. The summed E-state index contributed by atoms with van der Waals surface area (Å²) in [6.07, 6.45) is 4.02. The Morgan fingerprint density at radius 3 is 2.75 bits per heavy atom. The van der Waals surface area contributed by atoms with Crippen molar-refractivity contribution in [1.82, 2.24) is 5.32 Å². The van der Waals surface area contributed by atoms with Gasteiger partial charge in [0.2, 0.25) is 0 Å². The molecule has 1 saturated heterocycles. The second-order valence-electron chi connectivity index (χ2n) is 5.57. The lowest BCUT2D eigenvalue weighted by Gasteiger charge is -2.32. The molecule has 2 atom stereocenters. The van der Waals surface area contributed by atoms with Gasteiger partial charge in [-0.15, -0.1) is 0 Å². The maximum Gasteiger partial charge on any atom is 0.126 e. The summed E-state index contributed by atoms with van der Waals surface area (Å²) in [5.74, 6) is 2.36. The van der Waals surface area contributed by atoms with Crippen LogP contribution in [0.5, 0.6) is 5.75 Å². The molecule has 0 saturated carbocycles. The van der Waals surface area contributed by atoms with Crippen molar-refractivity contribution in [3.63, 3.8) is 0 Å². The van der Waals surface area contributed by atoms with Crippen molar-refractivity contribution in [3.8, 4) is 5.75 Å². The van der Waals surface area contributed by atoms with Crippen molar-refractivity contribution >= 4 is 11.8 Å². The monoisotopic (exact) mass is 293 g/mol. The van der Waals surface area contributed by atoms with Crippen molar-refractivity contribution in [3.05, 3.63) is 28.8 Å². The van der Waals surface area contributed by atoms with Crippen LogP contribution >= 0.6 is 11.8 Å². The normalized spacial score (nSPS) is 20.7. The average molecular weight is 293 g/mol. The highest BCUT2D eigenvalue weighted by atomic mass is 32.2. The number of thioether (sulfide) groups is 1. The number of rotatable bonds is 5. The van der Waals surface area contributed by atoms with Gasteiger partial charge in [-0.3, -0.25) is 0 Å². The Labute approximate surface area is 127 Å². The zero-order valence-electron chi connectivity index (χ0n) is 13.2. The minimum Gasteiger partial charge on any atom is -0.496 e. The lowest BCUT2D eigenvalue weighted by molar-refractivity contribution is 0.391. The lowest BCUT2D eigenvalue weighted by atomic mass is 9.94. The molecule has 0 aliphatic carbocycles. The van der Waals surface area contributed by atoms with Crippen LogP contribution in [0, 0.1) is 13.8 Å². The van der Waals surface area contributed by atoms with E-state index in [0.29, 0.717) is 11.3 Å². The molecule has 2 nitrogen and oxygen atoms in total. The van der Waals surface area contributed by atoms with Crippen LogP contribution < -0.4 is 10.1 Å². The second-order valence-corrected chi connectivity index (χ2v) is 6.92. The highest BCUT2D eigenvalue weighted by Gasteiger charge is 2.28. The number of hydrogen-bond acceptors (Lipinski definition) is 3. The Balaban J connectivity index is 2.35. The summed E-state index contributed by atoms with van der Waals surface area (Å²) in [6, 6.07) is 4.88. The van der Waals surface area contributed by atoms with Crippen LogP contribution in [-0.2, 0) is 0 Å². The van der Waals surface area contributed by atoms with Crippen LogP contribution in [0.2, 0.25) is 0 Å². The van der Waals surface area contributed by atoms with Crippen molar-refractivity contribution in [2.24, 2.45) is 0 Å². The Morgan fingerprint density at radius 1 is 1.35 bits per heavy atom. The van der Waals surface area contributed by atoms with Gasteiger partial charge >= 0.3 is 0 Å². The third-order valence-corrected chi connectivity index (χ3v) is 5.72. The molecule has 2 unspecified atom stereocenters. The van der Waals surface area contributed by atoms with Crippen molar-refractivity contribution in [1.29, 1.82) is 0 Å². The number of methoxy groups -OCH3 is 1. The standard InChI is InChI=1S/C17H27NOS/c1-5-18-16(15-8-6-7-11-20-15)14-10-9-12(2)13(3)17(14)19-4/h9-10,15-16,18H,5-8,11H2,1-4H3. The van der Waals surface area contributed by atoms with E-state index in [2.05, 4.69) is 50.0 Å². The maximum absolute atomic E-state index is 5.73. The number of ether oxygens (including phenoxy) is 1. The Bertz CT molecular complexity index is 441. The van der Waals surface area contributed by atoms with Crippen LogP contribution in [0.3, 0.4) is 0 Å². The number of nitrogens with one attached hydrogen (secondary N) is 1. The molecule has 0 bridgehead atoms. The van der Waals surface area contributed by atoms with Crippen LogP contribution in [0.1, 0.15) is 48.9 Å². The summed E-state index contributed by atoms with van der Waals surface area (Å²) >= 11 is 2.12. The number of hydrogen-bond donors (Lipinski definition) is 1. The first-order valence-corrected chi connectivity index (χ1v) is 8.73. The molecule has 1 fully saturated rings. The molecule has 0 amide bonds. The Hall–Kier alpha value is -0.670. The van der Waals surface area contributed by atoms with Crippen LogP contribution in [0.15, 0.2) is 12.1 Å². The quantitative estimate of drug-likeness (QED) is 0.877. The zero-order chi connectivity index (χ0) is 14.5. The van der Waals surface area contributed by atoms with Crippen molar-refractivity contribution in [2.45, 2.75) is 51.3 Å². The van der Waals surface area contributed by atoms with E-state index in [-0.39, 0.29) is 0 Å². The van der Waals surface area contributed by atoms with E-state index >= 15 is 0 Å². The van der Waals surface area contributed by atoms with E-state index in [1.54, 1.807) is 7.11 Å². The topological polar surface area (TPSA) is 21.3 Å². The summed E-state index contributed by atoms with van der Waals surface area (Å²) in [7, 11) is 1.79. The Morgan fingerprint density at radius 2 is 2.15 bits per heavy atom. The van der Waals surface area contributed by atoms with Gasteiger partial charge in [0.1, 0.15) is 5.75 Å². The molecule has 1 aromatic rings. The van der Waals surface area contributed by atoms with Gasteiger partial charge in [0.15, 0.2) is 0 Å². The van der Waals surface area contributed by atoms with E-state index in [4.69, 9.17) is 4.74 Å². The van der Waals surface area contributed by atoms with E-state index in [0.717, 1.165) is 12.3 Å². The predicted octanol–water partition coefficient (Wildman–Crippen LogP) is 4.25. The summed E-state index contributed by atoms with van der Waals surface area (Å²) in [5.41, 5.74) is 3.91. The van der Waals surface area contributed by atoms with Gasteiger partial charge in [-0.25, -0.2) is 0 Å². The molecule has 0 spiro atoms. The van der Waals surface area contributed by atoms with E-state index < -0.39 is 0 Å². The third-order valence-electron chi connectivity index (χ3n) is 4.26. The third kappa shape index (κ3) is 3.32. The van der Waals surface area contributed by atoms with Gasteiger partial charge in [-0.05, 0) is 50.1 Å². The smallest absolute Gasteiger partial charge is 0.126 e. The molecule has 1 aliphatic rings. The molecule has 0 radical (unpaired) electrons. The first kappa shape index (κ1) is 15.7. The van der Waals surface area contributed by atoms with Crippen LogP contribution in [-0.4, -0.2) is 24.7 Å². The molecule has 1 aliphatic heterocycles. The van der Waals surface area contributed by atoms with E-state index in [1.807, 2.05) is 0 Å². The van der Waals surface area contributed by atoms with Gasteiger partial charge in [0.25, 0.3) is 0 Å².